The van der Waals surface area contributed by atoms with E-state index in [1.807, 2.05) is 24.3 Å². The lowest BCUT2D eigenvalue weighted by atomic mass is 10.1. The molecule has 0 bridgehead atoms. The summed E-state index contributed by atoms with van der Waals surface area (Å²) in [5, 5.41) is 19.1. The number of likely N-dealkylation sites (N-methyl/N-ethyl adjacent to an activating group) is 1. The summed E-state index contributed by atoms with van der Waals surface area (Å²) in [4.78, 5) is 28.3. The Bertz CT molecular complexity index is 1220. The Morgan fingerprint density at radius 3 is 2.41 bits per heavy atom. The third-order valence-electron chi connectivity index (χ3n) is 6.13. The number of halogens is 1. The molecule has 3 aromatic rings. The van der Waals surface area contributed by atoms with Gasteiger partial charge in [-0.3, -0.25) is 19.6 Å². The number of rotatable bonds is 6. The van der Waals surface area contributed by atoms with Crippen LogP contribution in [-0.4, -0.2) is 58.7 Å². The summed E-state index contributed by atoms with van der Waals surface area (Å²) in [5.41, 5.74) is 3.95. The van der Waals surface area contributed by atoms with E-state index in [0.717, 1.165) is 37.4 Å². The fraction of sp³-hybridized carbons (Fsp3) is 0.333. The van der Waals surface area contributed by atoms with Crippen LogP contribution in [0.3, 0.4) is 0 Å². The molecule has 1 aromatic heterocycles. The number of piperazine rings is 1. The van der Waals surface area contributed by atoms with E-state index < -0.39 is 4.92 Å². The minimum absolute atomic E-state index is 0.0358. The van der Waals surface area contributed by atoms with Crippen LogP contribution in [0.1, 0.15) is 27.3 Å². The number of aromatic nitrogens is 2. The molecule has 1 aliphatic rings. The van der Waals surface area contributed by atoms with Crippen molar-refractivity contribution in [2.24, 2.45) is 0 Å². The van der Waals surface area contributed by atoms with Crippen molar-refractivity contribution in [1.82, 2.24) is 14.7 Å². The topological polar surface area (TPSA) is 96.5 Å². The fourth-order valence-electron chi connectivity index (χ4n) is 4.17. The summed E-state index contributed by atoms with van der Waals surface area (Å²) in [6, 6.07) is 12.7. The number of carbonyl (C=O) groups excluding carboxylic acids is 1. The number of anilines is 2. The van der Waals surface area contributed by atoms with Crippen LogP contribution in [0.2, 0.25) is 5.02 Å². The van der Waals surface area contributed by atoms with E-state index in [4.69, 9.17) is 11.6 Å². The Labute approximate surface area is 203 Å². The zero-order valence-electron chi connectivity index (χ0n) is 19.4. The van der Waals surface area contributed by atoms with Crippen LogP contribution < -0.4 is 10.2 Å². The van der Waals surface area contributed by atoms with Gasteiger partial charge in [-0.25, -0.2) is 0 Å². The highest BCUT2D eigenvalue weighted by Gasteiger charge is 2.22. The third-order valence-corrected chi connectivity index (χ3v) is 6.36. The van der Waals surface area contributed by atoms with Gasteiger partial charge >= 0.3 is 5.69 Å². The van der Waals surface area contributed by atoms with Crippen molar-refractivity contribution >= 4 is 34.6 Å². The molecule has 178 valence electrons. The van der Waals surface area contributed by atoms with Gasteiger partial charge in [0, 0.05) is 36.8 Å². The van der Waals surface area contributed by atoms with Gasteiger partial charge in [-0.2, -0.15) is 5.10 Å². The number of nitro groups is 1. The molecule has 0 saturated carbocycles. The van der Waals surface area contributed by atoms with Crippen LogP contribution in [0.25, 0.3) is 0 Å². The third kappa shape index (κ3) is 5.05. The molecule has 0 spiro atoms. The molecule has 2 heterocycles. The summed E-state index contributed by atoms with van der Waals surface area (Å²) in [5.74, 6) is -0.231. The van der Waals surface area contributed by atoms with Crippen molar-refractivity contribution in [2.75, 3.05) is 43.4 Å². The summed E-state index contributed by atoms with van der Waals surface area (Å²) in [6.45, 7) is 7.35. The maximum absolute atomic E-state index is 13.0. The molecule has 1 N–H and O–H groups in total. The molecule has 4 rings (SSSR count). The highest BCUT2D eigenvalue weighted by Crippen LogP contribution is 2.30. The van der Waals surface area contributed by atoms with Gasteiger partial charge < -0.3 is 15.1 Å². The lowest BCUT2D eigenvalue weighted by molar-refractivity contribution is -0.386. The Balaban J connectivity index is 1.48. The van der Waals surface area contributed by atoms with E-state index in [0.29, 0.717) is 34.2 Å². The van der Waals surface area contributed by atoms with E-state index in [1.54, 1.807) is 36.7 Å². The zero-order chi connectivity index (χ0) is 24.4. The number of amides is 1. The van der Waals surface area contributed by atoms with Crippen molar-refractivity contribution in [3.63, 3.8) is 0 Å². The number of hydrogen-bond donors (Lipinski definition) is 1. The maximum atomic E-state index is 13.0. The quantitative estimate of drug-likeness (QED) is 0.419. The SMILES string of the molecule is Cc1nn(Cc2ccc(C(=O)Nc3cc(Cl)ccc3N3CCN(C)CC3)cc2)c(C)c1[N+](=O)[O-]. The molecule has 9 nitrogen and oxygen atoms in total. The molecule has 0 atom stereocenters. The van der Waals surface area contributed by atoms with Crippen molar-refractivity contribution in [2.45, 2.75) is 20.4 Å². The second-order valence-electron chi connectivity index (χ2n) is 8.54. The van der Waals surface area contributed by atoms with Gasteiger partial charge in [-0.15, -0.1) is 0 Å². The van der Waals surface area contributed by atoms with Gasteiger partial charge in [0.15, 0.2) is 0 Å². The normalized spacial score (nSPS) is 14.3. The summed E-state index contributed by atoms with van der Waals surface area (Å²) in [6.07, 6.45) is 0. The van der Waals surface area contributed by atoms with Crippen LogP contribution in [0.4, 0.5) is 17.1 Å². The first-order chi connectivity index (χ1) is 16.2. The number of aryl methyl sites for hydroxylation is 1. The monoisotopic (exact) mass is 482 g/mol. The first-order valence-corrected chi connectivity index (χ1v) is 11.4. The largest absolute Gasteiger partial charge is 0.367 e. The van der Waals surface area contributed by atoms with Gasteiger partial charge in [-0.1, -0.05) is 23.7 Å². The molecule has 10 heteroatoms. The molecule has 0 aliphatic carbocycles. The predicted octanol–water partition coefficient (Wildman–Crippen LogP) is 4.11. The Hall–Kier alpha value is -3.43. The number of carbonyl (C=O) groups is 1. The van der Waals surface area contributed by atoms with Crippen molar-refractivity contribution in [3.05, 3.63) is 80.1 Å². The van der Waals surface area contributed by atoms with Gasteiger partial charge in [0.1, 0.15) is 11.4 Å². The molecule has 0 unspecified atom stereocenters. The highest BCUT2D eigenvalue weighted by atomic mass is 35.5. The van der Waals surface area contributed by atoms with E-state index in [-0.39, 0.29) is 11.6 Å². The van der Waals surface area contributed by atoms with E-state index >= 15 is 0 Å². The smallest absolute Gasteiger partial charge is 0.312 e. The van der Waals surface area contributed by atoms with Gasteiger partial charge in [0.2, 0.25) is 0 Å². The average Bonchev–Trinajstić information content (AvgIpc) is 3.08. The van der Waals surface area contributed by atoms with Crippen molar-refractivity contribution < 1.29 is 9.72 Å². The summed E-state index contributed by atoms with van der Waals surface area (Å²) in [7, 11) is 2.10. The highest BCUT2D eigenvalue weighted by molar-refractivity contribution is 6.31. The zero-order valence-corrected chi connectivity index (χ0v) is 20.2. The standard InChI is InChI=1S/C24H27ClN6O3/c1-16-23(31(33)34)17(2)30(27-16)15-18-4-6-19(7-5-18)24(32)26-21-14-20(25)8-9-22(21)29-12-10-28(3)11-13-29/h4-9,14H,10-13,15H2,1-3H3,(H,26,32). The van der Waals surface area contributed by atoms with Crippen LogP contribution in [-0.2, 0) is 6.54 Å². The number of benzene rings is 2. The number of nitrogens with one attached hydrogen (secondary N) is 1. The predicted molar refractivity (Wildman–Crippen MR) is 133 cm³/mol. The van der Waals surface area contributed by atoms with Crippen LogP contribution >= 0.6 is 11.6 Å². The van der Waals surface area contributed by atoms with Gasteiger partial charge in [0.05, 0.1) is 22.8 Å². The summed E-state index contributed by atoms with van der Waals surface area (Å²) < 4.78 is 1.61. The Morgan fingerprint density at radius 1 is 1.12 bits per heavy atom. The van der Waals surface area contributed by atoms with E-state index in [9.17, 15) is 14.9 Å². The molecule has 2 aromatic carbocycles. The van der Waals surface area contributed by atoms with Crippen LogP contribution in [0.5, 0.6) is 0 Å². The molecule has 1 aliphatic heterocycles. The maximum Gasteiger partial charge on any atom is 0.312 e. The van der Waals surface area contributed by atoms with E-state index in [1.165, 1.54) is 0 Å². The second kappa shape index (κ2) is 9.82. The lowest BCUT2D eigenvalue weighted by Gasteiger charge is -2.35. The van der Waals surface area contributed by atoms with Crippen molar-refractivity contribution in [1.29, 1.82) is 0 Å². The lowest BCUT2D eigenvalue weighted by Crippen LogP contribution is -2.44. The van der Waals surface area contributed by atoms with Crippen molar-refractivity contribution in [3.8, 4) is 0 Å². The molecule has 1 amide bonds. The molecular weight excluding hydrogens is 456 g/mol. The number of nitrogens with zero attached hydrogens (tertiary/aromatic N) is 5. The Morgan fingerprint density at radius 2 is 1.79 bits per heavy atom. The Kier molecular flexibility index (Phi) is 6.85. The minimum atomic E-state index is -0.409. The van der Waals surface area contributed by atoms with E-state index in [2.05, 4.69) is 27.3 Å². The van der Waals surface area contributed by atoms with Gasteiger partial charge in [0.25, 0.3) is 5.91 Å². The first-order valence-electron chi connectivity index (χ1n) is 11.0. The molecular formula is C24H27ClN6O3. The first kappa shape index (κ1) is 23.7. The van der Waals surface area contributed by atoms with Crippen LogP contribution in [0.15, 0.2) is 42.5 Å². The second-order valence-corrected chi connectivity index (χ2v) is 8.97. The molecule has 0 radical (unpaired) electrons. The minimum Gasteiger partial charge on any atom is -0.367 e. The average molecular weight is 483 g/mol. The molecule has 1 fully saturated rings. The fourth-order valence-corrected chi connectivity index (χ4v) is 4.34. The molecule has 34 heavy (non-hydrogen) atoms. The van der Waals surface area contributed by atoms with Gasteiger partial charge in [-0.05, 0) is 56.8 Å². The molecule has 1 saturated heterocycles. The van der Waals surface area contributed by atoms with Crippen LogP contribution in [0, 0.1) is 24.0 Å². The number of hydrogen-bond acceptors (Lipinski definition) is 6. The summed E-state index contributed by atoms with van der Waals surface area (Å²) >= 11 is 6.22.